The summed E-state index contributed by atoms with van der Waals surface area (Å²) in [7, 11) is 0. The highest BCUT2D eigenvalue weighted by Gasteiger charge is 2.38. The van der Waals surface area contributed by atoms with E-state index < -0.39 is 0 Å². The van der Waals surface area contributed by atoms with Gasteiger partial charge < -0.3 is 4.90 Å². The molecule has 2 saturated heterocycles. The molecule has 0 aliphatic carbocycles. The summed E-state index contributed by atoms with van der Waals surface area (Å²) in [6.07, 6.45) is 7.69. The van der Waals surface area contributed by atoms with Crippen LogP contribution in [0.4, 0.5) is 0 Å². The summed E-state index contributed by atoms with van der Waals surface area (Å²) in [5, 5.41) is 0. The molecule has 21 heavy (non-hydrogen) atoms. The minimum absolute atomic E-state index is 0.245. The molecule has 0 saturated carbocycles. The summed E-state index contributed by atoms with van der Waals surface area (Å²) in [6.45, 7) is 4.89. The monoisotopic (exact) mass is 287 g/mol. The van der Waals surface area contributed by atoms with Crippen LogP contribution >= 0.6 is 0 Å². The van der Waals surface area contributed by atoms with Crippen LogP contribution in [0.3, 0.4) is 0 Å². The SMILES string of the molecule is CC(=O)N1CCC[C@H]1[C@H]1CCCN1CCc1ccccn1. The van der Waals surface area contributed by atoms with Crippen LogP contribution in [0.1, 0.15) is 38.3 Å². The Morgan fingerprint density at radius 1 is 1.24 bits per heavy atom. The third-order valence-corrected chi connectivity index (χ3v) is 4.94. The lowest BCUT2D eigenvalue weighted by Gasteiger charge is -2.34. The number of rotatable bonds is 4. The zero-order chi connectivity index (χ0) is 14.7. The Labute approximate surface area is 127 Å². The molecule has 2 fully saturated rings. The first kappa shape index (κ1) is 14.5. The zero-order valence-electron chi connectivity index (χ0n) is 12.9. The van der Waals surface area contributed by atoms with E-state index >= 15 is 0 Å². The van der Waals surface area contributed by atoms with E-state index in [0.717, 1.165) is 31.6 Å². The Kier molecular flexibility index (Phi) is 4.54. The van der Waals surface area contributed by atoms with Crippen LogP contribution < -0.4 is 0 Å². The maximum Gasteiger partial charge on any atom is 0.219 e. The first-order chi connectivity index (χ1) is 10.3. The summed E-state index contributed by atoms with van der Waals surface area (Å²) in [5.41, 5.74) is 1.16. The van der Waals surface area contributed by atoms with E-state index in [4.69, 9.17) is 0 Å². The predicted octanol–water partition coefficient (Wildman–Crippen LogP) is 2.10. The molecule has 1 amide bonds. The fourth-order valence-electron chi connectivity index (χ4n) is 3.95. The molecule has 2 aliphatic heterocycles. The molecular formula is C17H25N3O. The smallest absolute Gasteiger partial charge is 0.219 e. The van der Waals surface area contributed by atoms with Crippen LogP contribution in [0, 0.1) is 0 Å². The van der Waals surface area contributed by atoms with Crippen molar-refractivity contribution in [3.63, 3.8) is 0 Å². The van der Waals surface area contributed by atoms with Crippen molar-refractivity contribution in [2.75, 3.05) is 19.6 Å². The quantitative estimate of drug-likeness (QED) is 0.851. The van der Waals surface area contributed by atoms with E-state index in [0.29, 0.717) is 12.1 Å². The van der Waals surface area contributed by atoms with Gasteiger partial charge in [-0.1, -0.05) is 6.07 Å². The van der Waals surface area contributed by atoms with E-state index in [2.05, 4.69) is 26.9 Å². The van der Waals surface area contributed by atoms with Crippen molar-refractivity contribution in [1.82, 2.24) is 14.8 Å². The number of carbonyl (C=O) groups excluding carboxylic acids is 1. The van der Waals surface area contributed by atoms with Crippen molar-refractivity contribution in [1.29, 1.82) is 0 Å². The molecule has 0 N–H and O–H groups in total. The molecule has 3 rings (SSSR count). The molecule has 114 valence electrons. The summed E-state index contributed by atoms with van der Waals surface area (Å²) >= 11 is 0. The molecule has 0 aromatic carbocycles. The fourth-order valence-corrected chi connectivity index (χ4v) is 3.95. The molecular weight excluding hydrogens is 262 g/mol. The topological polar surface area (TPSA) is 36.4 Å². The second-order valence-electron chi connectivity index (χ2n) is 6.24. The van der Waals surface area contributed by atoms with Gasteiger partial charge in [-0.15, -0.1) is 0 Å². The fraction of sp³-hybridized carbons (Fsp3) is 0.647. The summed E-state index contributed by atoms with van der Waals surface area (Å²) in [5.74, 6) is 0.245. The molecule has 1 aromatic heterocycles. The van der Waals surface area contributed by atoms with Gasteiger partial charge >= 0.3 is 0 Å². The van der Waals surface area contributed by atoms with Crippen LogP contribution in [0.2, 0.25) is 0 Å². The van der Waals surface area contributed by atoms with E-state index in [1.807, 2.05) is 12.3 Å². The van der Waals surface area contributed by atoms with Gasteiger partial charge in [-0.2, -0.15) is 0 Å². The molecule has 2 atom stereocenters. The average molecular weight is 287 g/mol. The highest BCUT2D eigenvalue weighted by molar-refractivity contribution is 5.74. The third-order valence-electron chi connectivity index (χ3n) is 4.94. The summed E-state index contributed by atoms with van der Waals surface area (Å²) in [6, 6.07) is 7.11. The van der Waals surface area contributed by atoms with Crippen molar-refractivity contribution in [3.8, 4) is 0 Å². The summed E-state index contributed by atoms with van der Waals surface area (Å²) in [4.78, 5) is 20.9. The highest BCUT2D eigenvalue weighted by Crippen LogP contribution is 2.30. The minimum Gasteiger partial charge on any atom is -0.338 e. The predicted molar refractivity (Wildman–Crippen MR) is 82.9 cm³/mol. The molecule has 0 radical (unpaired) electrons. The van der Waals surface area contributed by atoms with E-state index in [1.54, 1.807) is 6.92 Å². The lowest BCUT2D eigenvalue weighted by molar-refractivity contribution is -0.130. The van der Waals surface area contributed by atoms with E-state index in [1.165, 1.54) is 25.8 Å². The number of pyridine rings is 1. The van der Waals surface area contributed by atoms with Gasteiger partial charge in [-0.3, -0.25) is 14.7 Å². The summed E-state index contributed by atoms with van der Waals surface area (Å²) < 4.78 is 0. The lowest BCUT2D eigenvalue weighted by Crippen LogP contribution is -2.48. The van der Waals surface area contributed by atoms with Gasteiger partial charge in [-0.05, 0) is 44.4 Å². The second-order valence-corrected chi connectivity index (χ2v) is 6.24. The normalized spacial score (nSPS) is 26.4. The molecule has 0 spiro atoms. The maximum absolute atomic E-state index is 11.8. The van der Waals surface area contributed by atoms with Crippen LogP contribution in [0.25, 0.3) is 0 Å². The highest BCUT2D eigenvalue weighted by atomic mass is 16.2. The molecule has 4 nitrogen and oxygen atoms in total. The van der Waals surface area contributed by atoms with Gasteiger partial charge in [0.05, 0.1) is 0 Å². The number of aromatic nitrogens is 1. The van der Waals surface area contributed by atoms with Crippen LogP contribution in [-0.4, -0.2) is 52.4 Å². The van der Waals surface area contributed by atoms with Crippen molar-refractivity contribution in [3.05, 3.63) is 30.1 Å². The molecule has 1 aromatic rings. The molecule has 3 heterocycles. The van der Waals surface area contributed by atoms with Crippen molar-refractivity contribution < 1.29 is 4.79 Å². The van der Waals surface area contributed by atoms with Crippen molar-refractivity contribution in [2.45, 2.75) is 51.1 Å². The van der Waals surface area contributed by atoms with Crippen LogP contribution in [-0.2, 0) is 11.2 Å². The van der Waals surface area contributed by atoms with Gasteiger partial charge in [0, 0.05) is 50.4 Å². The molecule has 0 bridgehead atoms. The standard InChI is InChI=1S/C17H25N3O/c1-14(21)20-12-5-8-17(20)16-7-4-11-19(16)13-9-15-6-2-3-10-18-15/h2-3,6,10,16-17H,4-5,7-9,11-13H2,1H3/t16-,17+/m1/s1. The lowest BCUT2D eigenvalue weighted by atomic mass is 10.0. The largest absolute Gasteiger partial charge is 0.338 e. The van der Waals surface area contributed by atoms with Crippen LogP contribution in [0.15, 0.2) is 24.4 Å². The van der Waals surface area contributed by atoms with Gasteiger partial charge in [-0.25, -0.2) is 0 Å². The first-order valence-corrected chi connectivity index (χ1v) is 8.17. The van der Waals surface area contributed by atoms with Crippen LogP contribution in [0.5, 0.6) is 0 Å². The Hall–Kier alpha value is -1.42. The van der Waals surface area contributed by atoms with E-state index in [9.17, 15) is 4.79 Å². The number of likely N-dealkylation sites (tertiary alicyclic amines) is 2. The van der Waals surface area contributed by atoms with Gasteiger partial charge in [0.15, 0.2) is 0 Å². The number of hydrogen-bond acceptors (Lipinski definition) is 3. The van der Waals surface area contributed by atoms with Crippen molar-refractivity contribution in [2.24, 2.45) is 0 Å². The number of hydrogen-bond donors (Lipinski definition) is 0. The Balaban J connectivity index is 1.61. The number of nitrogens with zero attached hydrogens (tertiary/aromatic N) is 3. The van der Waals surface area contributed by atoms with Crippen molar-refractivity contribution >= 4 is 5.91 Å². The second kappa shape index (κ2) is 6.56. The first-order valence-electron chi connectivity index (χ1n) is 8.17. The number of amides is 1. The third kappa shape index (κ3) is 3.26. The average Bonchev–Trinajstić information content (AvgIpc) is 3.14. The van der Waals surface area contributed by atoms with E-state index in [-0.39, 0.29) is 5.91 Å². The minimum atomic E-state index is 0.245. The Morgan fingerprint density at radius 3 is 2.81 bits per heavy atom. The molecule has 0 unspecified atom stereocenters. The zero-order valence-corrected chi connectivity index (χ0v) is 12.9. The molecule has 4 heteroatoms. The van der Waals surface area contributed by atoms with Gasteiger partial charge in [0.25, 0.3) is 0 Å². The maximum atomic E-state index is 11.8. The van der Waals surface area contributed by atoms with Gasteiger partial charge in [0.2, 0.25) is 5.91 Å². The van der Waals surface area contributed by atoms with Gasteiger partial charge in [0.1, 0.15) is 0 Å². The Bertz CT molecular complexity index is 476. The number of carbonyl (C=O) groups is 1. The Morgan fingerprint density at radius 2 is 2.05 bits per heavy atom. The molecule has 2 aliphatic rings.